The first kappa shape index (κ1) is 14.9. The van der Waals surface area contributed by atoms with Crippen LogP contribution in [0.1, 0.15) is 50.3 Å². The summed E-state index contributed by atoms with van der Waals surface area (Å²) in [6.07, 6.45) is 2.67. The van der Waals surface area contributed by atoms with Crippen molar-refractivity contribution in [3.63, 3.8) is 0 Å². The van der Waals surface area contributed by atoms with Crippen LogP contribution in [0.4, 0.5) is 0 Å². The molecule has 0 aliphatic heterocycles. The SMILES string of the molecule is CC(C)c1cc(CO)cc(OCCCCCO)n1. The van der Waals surface area contributed by atoms with E-state index in [2.05, 4.69) is 18.8 Å². The summed E-state index contributed by atoms with van der Waals surface area (Å²) in [4.78, 5) is 4.42. The van der Waals surface area contributed by atoms with Gasteiger partial charge in [-0.3, -0.25) is 0 Å². The molecule has 0 aliphatic carbocycles. The number of aliphatic hydroxyl groups excluding tert-OH is 2. The van der Waals surface area contributed by atoms with Crippen LogP contribution in [-0.4, -0.2) is 28.4 Å². The maximum Gasteiger partial charge on any atom is 0.213 e. The minimum absolute atomic E-state index is 0.00309. The Bertz CT molecular complexity index is 353. The van der Waals surface area contributed by atoms with Crippen molar-refractivity contribution in [2.75, 3.05) is 13.2 Å². The highest BCUT2D eigenvalue weighted by Gasteiger charge is 2.06. The van der Waals surface area contributed by atoms with Gasteiger partial charge in [-0.05, 0) is 36.8 Å². The predicted octanol–water partition coefficient (Wildman–Crippen LogP) is 2.24. The summed E-state index contributed by atoms with van der Waals surface area (Å²) in [5.74, 6) is 0.891. The van der Waals surface area contributed by atoms with E-state index in [-0.39, 0.29) is 13.2 Å². The summed E-state index contributed by atoms with van der Waals surface area (Å²) in [6, 6.07) is 3.68. The maximum absolute atomic E-state index is 9.20. The lowest BCUT2D eigenvalue weighted by Gasteiger charge is -2.11. The second-order valence-electron chi connectivity index (χ2n) is 4.68. The van der Waals surface area contributed by atoms with E-state index in [1.807, 2.05) is 6.07 Å². The molecule has 0 aliphatic rings. The fourth-order valence-electron chi connectivity index (χ4n) is 1.61. The highest BCUT2D eigenvalue weighted by Crippen LogP contribution is 2.19. The van der Waals surface area contributed by atoms with Crippen molar-refractivity contribution < 1.29 is 14.9 Å². The molecule has 0 unspecified atom stereocenters. The molecule has 0 saturated carbocycles. The first-order chi connectivity index (χ1) is 8.67. The lowest BCUT2D eigenvalue weighted by Crippen LogP contribution is -2.03. The van der Waals surface area contributed by atoms with E-state index < -0.39 is 0 Å². The number of unbranched alkanes of at least 4 members (excludes halogenated alkanes) is 2. The third-order valence-corrected chi connectivity index (χ3v) is 2.71. The van der Waals surface area contributed by atoms with Crippen LogP contribution in [0.15, 0.2) is 12.1 Å². The van der Waals surface area contributed by atoms with E-state index in [9.17, 15) is 5.11 Å². The van der Waals surface area contributed by atoms with Gasteiger partial charge in [0.05, 0.1) is 13.2 Å². The molecule has 0 fully saturated rings. The Hall–Kier alpha value is -1.13. The smallest absolute Gasteiger partial charge is 0.213 e. The van der Waals surface area contributed by atoms with Crippen molar-refractivity contribution in [1.29, 1.82) is 0 Å². The highest BCUT2D eigenvalue weighted by atomic mass is 16.5. The molecule has 1 aromatic rings. The van der Waals surface area contributed by atoms with E-state index in [1.165, 1.54) is 0 Å². The van der Waals surface area contributed by atoms with Crippen molar-refractivity contribution >= 4 is 0 Å². The van der Waals surface area contributed by atoms with Gasteiger partial charge in [0, 0.05) is 18.4 Å². The molecule has 0 saturated heterocycles. The number of hydrogen-bond acceptors (Lipinski definition) is 4. The van der Waals surface area contributed by atoms with Gasteiger partial charge in [-0.1, -0.05) is 13.8 Å². The van der Waals surface area contributed by atoms with E-state index in [4.69, 9.17) is 9.84 Å². The average molecular weight is 253 g/mol. The van der Waals surface area contributed by atoms with Crippen LogP contribution in [0.25, 0.3) is 0 Å². The van der Waals surface area contributed by atoms with Crippen molar-refractivity contribution in [2.24, 2.45) is 0 Å². The highest BCUT2D eigenvalue weighted by molar-refractivity contribution is 5.26. The zero-order valence-electron chi connectivity index (χ0n) is 11.2. The molecule has 1 heterocycles. The topological polar surface area (TPSA) is 62.6 Å². The Morgan fingerprint density at radius 1 is 1.17 bits per heavy atom. The summed E-state index contributed by atoms with van der Waals surface area (Å²) < 4.78 is 5.58. The molecular formula is C14H23NO3. The number of aromatic nitrogens is 1. The van der Waals surface area contributed by atoms with Gasteiger partial charge >= 0.3 is 0 Å². The van der Waals surface area contributed by atoms with Gasteiger partial charge in [0.2, 0.25) is 5.88 Å². The number of hydrogen-bond donors (Lipinski definition) is 2. The Labute approximate surface area is 109 Å². The Morgan fingerprint density at radius 3 is 2.56 bits per heavy atom. The molecule has 102 valence electrons. The van der Waals surface area contributed by atoms with Gasteiger partial charge in [-0.2, -0.15) is 0 Å². The molecule has 1 rings (SSSR count). The lowest BCUT2D eigenvalue weighted by molar-refractivity contribution is 0.259. The fraction of sp³-hybridized carbons (Fsp3) is 0.643. The predicted molar refractivity (Wildman–Crippen MR) is 70.7 cm³/mol. The number of rotatable bonds is 8. The molecule has 0 bridgehead atoms. The molecule has 0 spiro atoms. The molecule has 1 aromatic heterocycles. The van der Waals surface area contributed by atoms with E-state index >= 15 is 0 Å². The second kappa shape index (κ2) is 8.06. The number of ether oxygens (including phenoxy) is 1. The summed E-state index contributed by atoms with van der Waals surface area (Å²) in [7, 11) is 0. The number of nitrogens with zero attached hydrogens (tertiary/aromatic N) is 1. The van der Waals surface area contributed by atoms with Gasteiger partial charge in [-0.25, -0.2) is 4.98 Å². The van der Waals surface area contributed by atoms with Crippen LogP contribution >= 0.6 is 0 Å². The van der Waals surface area contributed by atoms with Crippen molar-refractivity contribution in [3.05, 3.63) is 23.4 Å². The first-order valence-electron chi connectivity index (χ1n) is 6.52. The van der Waals surface area contributed by atoms with Gasteiger partial charge in [0.25, 0.3) is 0 Å². The first-order valence-corrected chi connectivity index (χ1v) is 6.52. The minimum Gasteiger partial charge on any atom is -0.478 e. The quantitative estimate of drug-likeness (QED) is 0.697. The third kappa shape index (κ3) is 5.02. The van der Waals surface area contributed by atoms with Gasteiger partial charge in [-0.15, -0.1) is 0 Å². The molecule has 4 heteroatoms. The largest absolute Gasteiger partial charge is 0.478 e. The standard InChI is InChI=1S/C14H23NO3/c1-11(2)13-8-12(10-17)9-14(15-13)18-7-5-3-4-6-16/h8-9,11,16-17H,3-7,10H2,1-2H3. The van der Waals surface area contributed by atoms with Gasteiger partial charge in [0.1, 0.15) is 0 Å². The van der Waals surface area contributed by atoms with E-state index in [0.29, 0.717) is 18.4 Å². The zero-order chi connectivity index (χ0) is 13.4. The van der Waals surface area contributed by atoms with Crippen molar-refractivity contribution in [3.8, 4) is 5.88 Å². The van der Waals surface area contributed by atoms with Crippen LogP contribution in [0, 0.1) is 0 Å². The summed E-state index contributed by atoms with van der Waals surface area (Å²) in [6.45, 7) is 4.96. The molecule has 4 nitrogen and oxygen atoms in total. The third-order valence-electron chi connectivity index (χ3n) is 2.71. The van der Waals surface area contributed by atoms with Crippen LogP contribution in [-0.2, 0) is 6.61 Å². The van der Waals surface area contributed by atoms with Gasteiger partial charge < -0.3 is 14.9 Å². The molecule has 0 atom stereocenters. The second-order valence-corrected chi connectivity index (χ2v) is 4.68. The molecule has 18 heavy (non-hydrogen) atoms. The monoisotopic (exact) mass is 253 g/mol. The average Bonchev–Trinajstić information content (AvgIpc) is 2.38. The number of aliphatic hydroxyl groups is 2. The normalized spacial score (nSPS) is 10.9. The van der Waals surface area contributed by atoms with Crippen LogP contribution < -0.4 is 4.74 Å². The molecule has 2 N–H and O–H groups in total. The van der Waals surface area contributed by atoms with Gasteiger partial charge in [0.15, 0.2) is 0 Å². The maximum atomic E-state index is 9.20. The molecular weight excluding hydrogens is 230 g/mol. The van der Waals surface area contributed by atoms with E-state index in [1.54, 1.807) is 6.07 Å². The Kier molecular flexibility index (Phi) is 6.68. The molecule has 0 radical (unpaired) electrons. The fourth-order valence-corrected chi connectivity index (χ4v) is 1.61. The molecule has 0 amide bonds. The zero-order valence-corrected chi connectivity index (χ0v) is 11.2. The Morgan fingerprint density at radius 2 is 1.94 bits per heavy atom. The van der Waals surface area contributed by atoms with Crippen molar-refractivity contribution in [1.82, 2.24) is 4.98 Å². The number of pyridine rings is 1. The van der Waals surface area contributed by atoms with Crippen LogP contribution in [0.3, 0.4) is 0 Å². The summed E-state index contributed by atoms with van der Waals surface area (Å²) in [5, 5.41) is 17.9. The Balaban J connectivity index is 2.56. The summed E-state index contributed by atoms with van der Waals surface area (Å²) >= 11 is 0. The lowest BCUT2D eigenvalue weighted by atomic mass is 10.1. The van der Waals surface area contributed by atoms with Crippen molar-refractivity contribution in [2.45, 2.75) is 45.6 Å². The summed E-state index contributed by atoms with van der Waals surface area (Å²) in [5.41, 5.74) is 1.77. The van der Waals surface area contributed by atoms with Crippen LogP contribution in [0.2, 0.25) is 0 Å². The van der Waals surface area contributed by atoms with E-state index in [0.717, 1.165) is 30.5 Å². The van der Waals surface area contributed by atoms with Crippen LogP contribution in [0.5, 0.6) is 5.88 Å². The molecule has 0 aromatic carbocycles. The minimum atomic E-state index is 0.00309.